The highest BCUT2D eigenvalue weighted by Gasteiger charge is 2.29. The van der Waals surface area contributed by atoms with E-state index in [-0.39, 0.29) is 30.2 Å². The number of nitrogens with one attached hydrogen (secondary N) is 2. The van der Waals surface area contributed by atoms with Gasteiger partial charge in [-0.2, -0.15) is 4.31 Å². The van der Waals surface area contributed by atoms with Crippen LogP contribution in [0.25, 0.3) is 5.69 Å². The molecule has 2 N–H and O–H groups in total. The molecule has 0 radical (unpaired) electrons. The monoisotopic (exact) mass is 498 g/mol. The van der Waals surface area contributed by atoms with E-state index in [1.54, 1.807) is 28.8 Å². The maximum absolute atomic E-state index is 13.1. The Morgan fingerprint density at radius 3 is 2.43 bits per heavy atom. The zero-order valence-electron chi connectivity index (χ0n) is 19.1. The summed E-state index contributed by atoms with van der Waals surface area (Å²) < 4.78 is 39.9. The Morgan fingerprint density at radius 1 is 1.00 bits per heavy atom. The highest BCUT2D eigenvalue weighted by molar-refractivity contribution is 7.89. The minimum Gasteiger partial charge on any atom is -0.495 e. The smallest absolute Gasteiger partial charge is 0.271 e. The molecule has 1 saturated heterocycles. The van der Waals surface area contributed by atoms with Gasteiger partial charge in [-0.1, -0.05) is 18.2 Å². The minimum atomic E-state index is -3.83. The van der Waals surface area contributed by atoms with Crippen LogP contribution in [-0.4, -0.2) is 62.5 Å². The number of benzene rings is 2. The highest BCUT2D eigenvalue weighted by Crippen LogP contribution is 2.28. The summed E-state index contributed by atoms with van der Waals surface area (Å²) in [5.41, 5.74) is 6.32. The highest BCUT2D eigenvalue weighted by atomic mass is 32.2. The van der Waals surface area contributed by atoms with Crippen molar-refractivity contribution in [2.45, 2.75) is 11.3 Å². The van der Waals surface area contributed by atoms with Crippen molar-refractivity contribution >= 4 is 21.8 Å². The second-order valence-electron chi connectivity index (χ2n) is 7.79. The van der Waals surface area contributed by atoms with Crippen molar-refractivity contribution in [3.63, 3.8) is 0 Å². The van der Waals surface area contributed by atoms with Gasteiger partial charge in [0, 0.05) is 25.5 Å². The van der Waals surface area contributed by atoms with E-state index in [1.807, 2.05) is 30.6 Å². The number of para-hydroxylation sites is 1. The van der Waals surface area contributed by atoms with Gasteiger partial charge in [-0.15, -0.1) is 0 Å². The van der Waals surface area contributed by atoms with Crippen LogP contribution in [0, 0.1) is 0 Å². The molecule has 0 atom stereocenters. The number of hydrogen-bond acceptors (Lipinski definition) is 6. The molecular weight excluding hydrogens is 472 g/mol. The van der Waals surface area contributed by atoms with Crippen LogP contribution in [0.4, 0.5) is 0 Å². The van der Waals surface area contributed by atoms with Gasteiger partial charge in [0.1, 0.15) is 10.6 Å². The Kier molecular flexibility index (Phi) is 7.49. The zero-order valence-corrected chi connectivity index (χ0v) is 20.0. The minimum absolute atomic E-state index is 0.0168. The first kappa shape index (κ1) is 24.5. The largest absolute Gasteiger partial charge is 0.495 e. The molecule has 184 valence electrons. The molecule has 2 amide bonds. The summed E-state index contributed by atoms with van der Waals surface area (Å²) in [5, 5.41) is 0. The van der Waals surface area contributed by atoms with Gasteiger partial charge in [0.15, 0.2) is 0 Å². The third-order valence-corrected chi connectivity index (χ3v) is 7.45. The van der Waals surface area contributed by atoms with Crippen molar-refractivity contribution in [1.82, 2.24) is 19.7 Å². The van der Waals surface area contributed by atoms with Gasteiger partial charge >= 0.3 is 0 Å². The number of hydrazine groups is 1. The molecule has 0 aliphatic carbocycles. The first-order valence-corrected chi connectivity index (χ1v) is 12.4. The average molecular weight is 499 g/mol. The second-order valence-corrected chi connectivity index (χ2v) is 9.69. The Hall–Kier alpha value is -3.67. The molecule has 11 heteroatoms. The number of nitrogens with zero attached hydrogens (tertiary/aromatic N) is 2. The molecular formula is C24H26N4O6S. The lowest BCUT2D eigenvalue weighted by atomic mass is 10.1. The second kappa shape index (κ2) is 10.7. The van der Waals surface area contributed by atoms with Crippen molar-refractivity contribution in [3.8, 4) is 11.4 Å². The van der Waals surface area contributed by atoms with E-state index in [0.717, 1.165) is 0 Å². The average Bonchev–Trinajstić information content (AvgIpc) is 3.43. The Morgan fingerprint density at radius 2 is 1.71 bits per heavy atom. The van der Waals surface area contributed by atoms with E-state index in [2.05, 4.69) is 10.9 Å². The number of morpholine rings is 1. The molecule has 0 unspecified atom stereocenters. The van der Waals surface area contributed by atoms with E-state index in [9.17, 15) is 18.0 Å². The number of aromatic nitrogens is 1. The molecule has 0 bridgehead atoms. The van der Waals surface area contributed by atoms with E-state index < -0.39 is 21.8 Å². The number of amides is 2. The third-order valence-electron chi connectivity index (χ3n) is 5.53. The normalized spacial score (nSPS) is 14.3. The molecule has 4 rings (SSSR count). The molecule has 3 aromatic rings. The van der Waals surface area contributed by atoms with E-state index in [0.29, 0.717) is 30.0 Å². The number of carbonyl (C=O) groups is 2. The first-order valence-electron chi connectivity index (χ1n) is 11.0. The van der Waals surface area contributed by atoms with E-state index in [1.165, 1.54) is 23.5 Å². The van der Waals surface area contributed by atoms with Gasteiger partial charge in [0.25, 0.3) is 5.91 Å². The lowest BCUT2D eigenvalue weighted by Crippen LogP contribution is -2.42. The molecule has 1 aliphatic heterocycles. The summed E-state index contributed by atoms with van der Waals surface area (Å²) >= 11 is 0. The molecule has 1 fully saturated rings. The van der Waals surface area contributed by atoms with Gasteiger partial charge in [-0.3, -0.25) is 20.4 Å². The maximum Gasteiger partial charge on any atom is 0.271 e. The molecule has 2 aromatic carbocycles. The summed E-state index contributed by atoms with van der Waals surface area (Å²) in [5.74, 6) is -0.791. The number of sulfonamides is 1. The predicted octanol–water partition coefficient (Wildman–Crippen LogP) is 1.51. The zero-order chi connectivity index (χ0) is 24.8. The van der Waals surface area contributed by atoms with E-state index in [4.69, 9.17) is 9.47 Å². The molecule has 2 heterocycles. The van der Waals surface area contributed by atoms with Crippen molar-refractivity contribution in [2.24, 2.45) is 0 Å². The Bertz CT molecular complexity index is 1300. The van der Waals surface area contributed by atoms with Crippen LogP contribution in [0.5, 0.6) is 5.75 Å². The molecule has 10 nitrogen and oxygen atoms in total. The fraction of sp³-hybridized carbons (Fsp3) is 0.250. The molecule has 0 spiro atoms. The van der Waals surface area contributed by atoms with Crippen LogP contribution in [-0.2, 0) is 26.0 Å². The van der Waals surface area contributed by atoms with Crippen LogP contribution in [0.15, 0.2) is 71.9 Å². The van der Waals surface area contributed by atoms with Gasteiger partial charge in [-0.05, 0) is 42.0 Å². The van der Waals surface area contributed by atoms with Crippen molar-refractivity contribution in [1.29, 1.82) is 0 Å². The van der Waals surface area contributed by atoms with Gasteiger partial charge < -0.3 is 14.0 Å². The van der Waals surface area contributed by atoms with Gasteiger partial charge in [-0.25, -0.2) is 8.42 Å². The number of carbonyl (C=O) groups excluding carboxylic acids is 2. The van der Waals surface area contributed by atoms with Crippen LogP contribution in [0.1, 0.15) is 15.9 Å². The lowest BCUT2D eigenvalue weighted by Gasteiger charge is -2.26. The number of rotatable bonds is 7. The summed E-state index contributed by atoms with van der Waals surface area (Å²) in [6, 6.07) is 15.2. The van der Waals surface area contributed by atoms with Crippen LogP contribution in [0.3, 0.4) is 0 Å². The molecule has 35 heavy (non-hydrogen) atoms. The standard InChI is InChI=1S/C24H26N4O6S/c1-33-21-9-8-18(16-22(21)35(31,32)28-12-14-34-15-13-28)17-23(29)25-26-24(30)19-6-2-3-7-20(19)27-10-4-5-11-27/h2-11,16H,12-15,17H2,1H3,(H,25,29)(H,26,30). The van der Waals surface area contributed by atoms with Crippen molar-refractivity contribution < 1.29 is 27.5 Å². The first-order chi connectivity index (χ1) is 16.9. The Labute approximate surface area is 203 Å². The fourth-order valence-corrected chi connectivity index (χ4v) is 5.38. The molecule has 1 aliphatic rings. The molecule has 0 saturated carbocycles. The fourth-order valence-electron chi connectivity index (χ4n) is 3.77. The van der Waals surface area contributed by atoms with Crippen LogP contribution >= 0.6 is 0 Å². The Balaban J connectivity index is 1.44. The number of methoxy groups -OCH3 is 1. The van der Waals surface area contributed by atoms with Crippen LogP contribution in [0.2, 0.25) is 0 Å². The summed E-state index contributed by atoms with van der Waals surface area (Å²) in [4.78, 5) is 25.2. The van der Waals surface area contributed by atoms with Gasteiger partial charge in [0.2, 0.25) is 15.9 Å². The summed E-state index contributed by atoms with van der Waals surface area (Å²) in [6.45, 7) is 1.12. The summed E-state index contributed by atoms with van der Waals surface area (Å²) in [6.07, 6.45) is 3.49. The van der Waals surface area contributed by atoms with Gasteiger partial charge in [0.05, 0.1) is 38.0 Å². The SMILES string of the molecule is COc1ccc(CC(=O)NNC(=O)c2ccccc2-n2cccc2)cc1S(=O)(=O)N1CCOCC1. The predicted molar refractivity (Wildman–Crippen MR) is 128 cm³/mol. The van der Waals surface area contributed by atoms with Crippen LogP contribution < -0.4 is 15.6 Å². The lowest BCUT2D eigenvalue weighted by molar-refractivity contribution is -0.121. The maximum atomic E-state index is 13.1. The third kappa shape index (κ3) is 5.53. The summed E-state index contributed by atoms with van der Waals surface area (Å²) in [7, 11) is -2.44. The van der Waals surface area contributed by atoms with Crippen molar-refractivity contribution in [2.75, 3.05) is 33.4 Å². The topological polar surface area (TPSA) is 119 Å². The number of hydrogen-bond donors (Lipinski definition) is 2. The molecule has 1 aromatic heterocycles. The van der Waals surface area contributed by atoms with E-state index >= 15 is 0 Å². The quantitative estimate of drug-likeness (QED) is 0.477. The number of ether oxygens (including phenoxy) is 2. The van der Waals surface area contributed by atoms with Crippen molar-refractivity contribution in [3.05, 3.63) is 78.1 Å².